The van der Waals surface area contributed by atoms with Gasteiger partial charge in [-0.3, -0.25) is 9.36 Å². The van der Waals surface area contributed by atoms with Crippen molar-refractivity contribution in [2.24, 2.45) is 5.92 Å². The summed E-state index contributed by atoms with van der Waals surface area (Å²) in [4.78, 5) is 25.5. The van der Waals surface area contributed by atoms with Crippen LogP contribution in [0.5, 0.6) is 0 Å². The van der Waals surface area contributed by atoms with Crippen LogP contribution in [-0.4, -0.2) is 39.1 Å². The predicted octanol–water partition coefficient (Wildman–Crippen LogP) is 6.21. The second-order valence-corrected chi connectivity index (χ2v) is 12.3. The Labute approximate surface area is 239 Å². The van der Waals surface area contributed by atoms with Crippen molar-refractivity contribution >= 4 is 16.9 Å². The Bertz CT molecular complexity index is 1550. The number of aromatic nitrogens is 3. The molecule has 4 aliphatic rings. The van der Waals surface area contributed by atoms with Gasteiger partial charge >= 0.3 is 0 Å². The van der Waals surface area contributed by atoms with Crippen LogP contribution in [0.4, 0.5) is 14.6 Å². The number of aryl methyl sites for hydroxylation is 2. The summed E-state index contributed by atoms with van der Waals surface area (Å²) in [5, 5.41) is 14.1. The van der Waals surface area contributed by atoms with Crippen LogP contribution in [0.3, 0.4) is 0 Å². The molecule has 0 amide bonds. The van der Waals surface area contributed by atoms with Crippen molar-refractivity contribution in [3.05, 3.63) is 63.2 Å². The van der Waals surface area contributed by atoms with E-state index in [1.165, 1.54) is 6.07 Å². The van der Waals surface area contributed by atoms with Gasteiger partial charge in [0.2, 0.25) is 0 Å². The fourth-order valence-corrected chi connectivity index (χ4v) is 6.43. The molecule has 3 aromatic rings. The SMILES string of the molecule is Cc1nc2c3cc(C4(C#N)CC4)c(=O)n(c3n1)CCCCCCN1CC(CCC(F)(F)c3cccc(c3)[C@H](C)N2)C1. The molecule has 7 rings (SSSR count). The summed E-state index contributed by atoms with van der Waals surface area (Å²) in [5.41, 5.74) is 0.915. The zero-order chi connectivity index (χ0) is 28.8. The zero-order valence-corrected chi connectivity index (χ0v) is 23.9. The first-order chi connectivity index (χ1) is 19.7. The first kappa shape index (κ1) is 27.8. The van der Waals surface area contributed by atoms with Crippen LogP contribution >= 0.6 is 0 Å². The average molecular weight is 561 g/mol. The number of anilines is 1. The summed E-state index contributed by atoms with van der Waals surface area (Å²) in [6, 6.07) is 10.5. The minimum absolute atomic E-state index is 0.0373. The number of benzene rings is 1. The van der Waals surface area contributed by atoms with Gasteiger partial charge in [-0.15, -0.1) is 0 Å². The van der Waals surface area contributed by atoms with E-state index >= 15 is 8.78 Å². The van der Waals surface area contributed by atoms with E-state index in [2.05, 4.69) is 26.3 Å². The smallest absolute Gasteiger partial charge is 0.273 e. The fourth-order valence-electron chi connectivity index (χ4n) is 6.43. The standard InChI is InChI=1S/C32H38F2N6O/c1-21-24-8-7-9-25(16-24)32(33,34)11-10-23-18-39(19-23)14-5-3-4-6-15-40-29-26(28(36-21)37-22(2)38-29)17-27(30(40)41)31(20-35)12-13-31/h7-9,16-17,21,23H,3-6,10-15,18-19H2,1-2H3,(H,36,37,38)/t21-/m0/s1. The van der Waals surface area contributed by atoms with Crippen molar-refractivity contribution in [2.45, 2.75) is 89.1 Å². The molecule has 41 heavy (non-hydrogen) atoms. The van der Waals surface area contributed by atoms with Crippen LogP contribution in [0, 0.1) is 24.2 Å². The highest BCUT2D eigenvalue weighted by molar-refractivity contribution is 5.88. The maximum atomic E-state index is 15.3. The molecule has 216 valence electrons. The Morgan fingerprint density at radius 3 is 2.54 bits per heavy atom. The van der Waals surface area contributed by atoms with E-state index in [-0.39, 0.29) is 23.6 Å². The molecule has 1 saturated heterocycles. The second-order valence-electron chi connectivity index (χ2n) is 12.3. The molecule has 0 radical (unpaired) electrons. The van der Waals surface area contributed by atoms with Crippen LogP contribution in [0.1, 0.15) is 86.8 Å². The topological polar surface area (TPSA) is 86.8 Å². The van der Waals surface area contributed by atoms with Gasteiger partial charge in [0, 0.05) is 43.2 Å². The quantitative estimate of drug-likeness (QED) is 0.381. The molecule has 1 atom stereocenters. The van der Waals surface area contributed by atoms with E-state index in [0.29, 0.717) is 60.0 Å². The number of hydrogen-bond donors (Lipinski definition) is 1. The number of nitrogens with one attached hydrogen (secondary N) is 1. The first-order valence-corrected chi connectivity index (χ1v) is 15.0. The third-order valence-corrected chi connectivity index (χ3v) is 9.20. The van der Waals surface area contributed by atoms with Crippen molar-refractivity contribution in [1.82, 2.24) is 19.4 Å². The lowest BCUT2D eigenvalue weighted by atomic mass is 9.90. The lowest BCUT2D eigenvalue weighted by molar-refractivity contribution is -0.0291. The van der Waals surface area contributed by atoms with Crippen molar-refractivity contribution in [3.63, 3.8) is 0 Å². The highest BCUT2D eigenvalue weighted by Crippen LogP contribution is 2.47. The highest BCUT2D eigenvalue weighted by Gasteiger charge is 2.47. The summed E-state index contributed by atoms with van der Waals surface area (Å²) in [6.07, 6.45) is 5.61. The lowest BCUT2D eigenvalue weighted by Crippen LogP contribution is -2.47. The van der Waals surface area contributed by atoms with Crippen molar-refractivity contribution in [1.29, 1.82) is 5.26 Å². The maximum absolute atomic E-state index is 15.3. The zero-order valence-electron chi connectivity index (χ0n) is 23.9. The monoisotopic (exact) mass is 560 g/mol. The Morgan fingerprint density at radius 2 is 1.80 bits per heavy atom. The molecule has 7 nitrogen and oxygen atoms in total. The molecule has 2 fully saturated rings. The van der Waals surface area contributed by atoms with Crippen LogP contribution in [-0.2, 0) is 17.9 Å². The number of nitriles is 1. The van der Waals surface area contributed by atoms with Gasteiger partial charge in [0.1, 0.15) is 17.3 Å². The normalized spacial score (nSPS) is 25.8. The molecule has 1 saturated carbocycles. The van der Waals surface area contributed by atoms with Gasteiger partial charge in [-0.1, -0.05) is 31.0 Å². The summed E-state index contributed by atoms with van der Waals surface area (Å²) in [7, 11) is 0. The van der Waals surface area contributed by atoms with E-state index in [1.807, 2.05) is 13.0 Å². The minimum atomic E-state index is -2.89. The second kappa shape index (κ2) is 10.8. The van der Waals surface area contributed by atoms with E-state index in [9.17, 15) is 10.1 Å². The first-order valence-electron chi connectivity index (χ1n) is 15.0. The largest absolute Gasteiger partial charge is 0.363 e. The van der Waals surface area contributed by atoms with Gasteiger partial charge < -0.3 is 10.2 Å². The number of pyridine rings is 1. The van der Waals surface area contributed by atoms with Crippen LogP contribution in [0.15, 0.2) is 35.1 Å². The number of rotatable bonds is 1. The number of fused-ring (bicyclic) bond motifs is 8. The number of halogens is 2. The van der Waals surface area contributed by atoms with Gasteiger partial charge in [0.25, 0.3) is 11.5 Å². The van der Waals surface area contributed by atoms with Gasteiger partial charge in [-0.25, -0.2) is 18.7 Å². The number of hydrogen-bond acceptors (Lipinski definition) is 6. The Kier molecular flexibility index (Phi) is 7.31. The third-order valence-electron chi connectivity index (χ3n) is 9.20. The molecule has 0 unspecified atom stereocenters. The molecule has 8 bridgehead atoms. The molecule has 1 N–H and O–H groups in total. The average Bonchev–Trinajstić information content (AvgIpc) is 3.72. The molecular formula is C32H38F2N6O. The number of nitrogens with zero attached hydrogens (tertiary/aromatic N) is 5. The summed E-state index contributed by atoms with van der Waals surface area (Å²) < 4.78 is 32.4. The fraction of sp³-hybridized carbons (Fsp3) is 0.562. The summed E-state index contributed by atoms with van der Waals surface area (Å²) >= 11 is 0. The Balaban J connectivity index is 1.41. The molecule has 3 aliphatic heterocycles. The minimum Gasteiger partial charge on any atom is -0.363 e. The van der Waals surface area contributed by atoms with E-state index in [0.717, 1.165) is 50.9 Å². The van der Waals surface area contributed by atoms with Gasteiger partial charge in [-0.2, -0.15) is 5.26 Å². The molecule has 5 heterocycles. The van der Waals surface area contributed by atoms with E-state index < -0.39 is 11.3 Å². The molecule has 1 aromatic carbocycles. The van der Waals surface area contributed by atoms with Crippen molar-refractivity contribution in [3.8, 4) is 6.07 Å². The van der Waals surface area contributed by atoms with E-state index in [4.69, 9.17) is 0 Å². The molecule has 0 spiro atoms. The summed E-state index contributed by atoms with van der Waals surface area (Å²) in [6.45, 7) is 7.01. The maximum Gasteiger partial charge on any atom is 0.273 e. The summed E-state index contributed by atoms with van der Waals surface area (Å²) in [5.74, 6) is -1.51. The van der Waals surface area contributed by atoms with Crippen LogP contribution in [0.25, 0.3) is 11.0 Å². The van der Waals surface area contributed by atoms with Gasteiger partial charge in [0.05, 0.1) is 16.9 Å². The molecule has 2 aromatic heterocycles. The molecular weight excluding hydrogens is 522 g/mol. The number of alkyl halides is 2. The van der Waals surface area contributed by atoms with Crippen LogP contribution in [0.2, 0.25) is 0 Å². The Morgan fingerprint density at radius 1 is 1.05 bits per heavy atom. The van der Waals surface area contributed by atoms with E-state index in [1.54, 1.807) is 29.7 Å². The van der Waals surface area contributed by atoms with Gasteiger partial charge in [0.15, 0.2) is 0 Å². The van der Waals surface area contributed by atoms with Crippen LogP contribution < -0.4 is 10.9 Å². The Hall–Kier alpha value is -3.38. The lowest BCUT2D eigenvalue weighted by Gasteiger charge is -2.40. The highest BCUT2D eigenvalue weighted by atomic mass is 19.3. The predicted molar refractivity (Wildman–Crippen MR) is 155 cm³/mol. The molecule has 1 aliphatic carbocycles. The third kappa shape index (κ3) is 5.46. The molecule has 9 heteroatoms. The van der Waals surface area contributed by atoms with Gasteiger partial charge in [-0.05, 0) is 76.1 Å². The van der Waals surface area contributed by atoms with Crippen molar-refractivity contribution < 1.29 is 8.78 Å². The van der Waals surface area contributed by atoms with Crippen molar-refractivity contribution in [2.75, 3.05) is 25.0 Å².